The molecule has 0 aliphatic carbocycles. The minimum Gasteiger partial charge on any atom is -0.506 e. The highest BCUT2D eigenvalue weighted by atomic mass is 19.3. The van der Waals surface area contributed by atoms with Gasteiger partial charge in [0, 0.05) is 19.5 Å². The second-order valence-electron chi connectivity index (χ2n) is 3.55. The maximum atomic E-state index is 12.8. The number of hydrogen-bond acceptors (Lipinski definition) is 4. The van der Waals surface area contributed by atoms with Crippen molar-refractivity contribution in [3.8, 4) is 12.1 Å². The number of nitriles is 2. The third kappa shape index (κ3) is 2.46. The molecule has 1 aromatic rings. The van der Waals surface area contributed by atoms with Gasteiger partial charge in [-0.2, -0.15) is 19.3 Å². The number of allylic oxidation sites excluding steroid dienone is 1. The number of halogens is 2. The van der Waals surface area contributed by atoms with Gasteiger partial charge in [-0.1, -0.05) is 0 Å². The predicted octanol–water partition coefficient (Wildman–Crippen LogP) is 2.20. The second-order valence-corrected chi connectivity index (χ2v) is 3.55. The van der Waals surface area contributed by atoms with Crippen molar-refractivity contribution in [1.29, 1.82) is 10.5 Å². The van der Waals surface area contributed by atoms with Crippen molar-refractivity contribution < 1.29 is 13.9 Å². The molecule has 18 heavy (non-hydrogen) atoms. The van der Waals surface area contributed by atoms with E-state index < -0.39 is 11.7 Å². The Hall–Kier alpha value is -2.41. The summed E-state index contributed by atoms with van der Waals surface area (Å²) in [5.74, 6) is -4.62. The lowest BCUT2D eigenvalue weighted by Crippen LogP contribution is -2.13. The van der Waals surface area contributed by atoms with Crippen LogP contribution in [0.2, 0.25) is 0 Å². The number of aliphatic hydroxyl groups is 1. The van der Waals surface area contributed by atoms with Gasteiger partial charge < -0.3 is 9.67 Å². The number of rotatable bonds is 3. The van der Waals surface area contributed by atoms with Crippen LogP contribution in [0.4, 0.5) is 8.78 Å². The number of hydrogen-bond donors (Lipinski definition) is 1. The van der Waals surface area contributed by atoms with Gasteiger partial charge in [0.1, 0.15) is 18.0 Å². The summed E-state index contributed by atoms with van der Waals surface area (Å²) in [7, 11) is 0. The maximum absolute atomic E-state index is 12.8. The molecule has 0 fully saturated rings. The molecule has 0 aliphatic heterocycles. The Bertz CT molecular complexity index is 570. The summed E-state index contributed by atoms with van der Waals surface area (Å²) in [6, 6.07) is 3.48. The van der Waals surface area contributed by atoms with Crippen molar-refractivity contribution >= 4 is 6.08 Å². The Morgan fingerprint density at radius 2 is 2.11 bits per heavy atom. The van der Waals surface area contributed by atoms with Crippen LogP contribution in [0.5, 0.6) is 0 Å². The third-order valence-electron chi connectivity index (χ3n) is 2.24. The molecule has 1 N–H and O–H groups in total. The molecule has 0 unspecified atom stereocenters. The molecule has 0 radical (unpaired) electrons. The first-order valence-corrected chi connectivity index (χ1v) is 5.04. The van der Waals surface area contributed by atoms with Gasteiger partial charge in [0.2, 0.25) is 0 Å². The molecular formula is C11H10F2N4O. The molecule has 1 heterocycles. The summed E-state index contributed by atoms with van der Waals surface area (Å²) in [5, 5.41) is 26.8. The van der Waals surface area contributed by atoms with Gasteiger partial charge in [-0.3, -0.25) is 0 Å². The van der Waals surface area contributed by atoms with Gasteiger partial charge >= 0.3 is 5.92 Å². The van der Waals surface area contributed by atoms with Crippen LogP contribution in [0, 0.1) is 22.7 Å². The molecule has 0 bridgehead atoms. The monoisotopic (exact) mass is 252 g/mol. The number of imidazole rings is 1. The highest BCUT2D eigenvalue weighted by Crippen LogP contribution is 2.23. The highest BCUT2D eigenvalue weighted by molar-refractivity contribution is 5.51. The first-order valence-electron chi connectivity index (χ1n) is 5.04. The van der Waals surface area contributed by atoms with E-state index in [-0.39, 0.29) is 23.8 Å². The van der Waals surface area contributed by atoms with Crippen molar-refractivity contribution in [3.05, 3.63) is 23.0 Å². The molecule has 94 valence electrons. The van der Waals surface area contributed by atoms with E-state index in [0.29, 0.717) is 6.92 Å². The van der Waals surface area contributed by atoms with Crippen LogP contribution in [-0.2, 0) is 6.54 Å². The molecule has 1 aromatic heterocycles. The smallest absolute Gasteiger partial charge is 0.301 e. The van der Waals surface area contributed by atoms with E-state index in [2.05, 4.69) is 4.98 Å². The fourth-order valence-corrected chi connectivity index (χ4v) is 1.34. The van der Waals surface area contributed by atoms with Crippen molar-refractivity contribution in [2.75, 3.05) is 0 Å². The van der Waals surface area contributed by atoms with Crippen molar-refractivity contribution in [2.24, 2.45) is 0 Å². The molecule has 0 aliphatic rings. The fourth-order valence-electron chi connectivity index (χ4n) is 1.34. The van der Waals surface area contributed by atoms with Gasteiger partial charge in [-0.05, 0) is 6.92 Å². The average molecular weight is 252 g/mol. The van der Waals surface area contributed by atoms with E-state index >= 15 is 0 Å². The van der Waals surface area contributed by atoms with E-state index in [9.17, 15) is 13.9 Å². The molecule has 5 nitrogen and oxygen atoms in total. The molecule has 0 atom stereocenters. The second kappa shape index (κ2) is 4.84. The third-order valence-corrected chi connectivity index (χ3v) is 2.24. The van der Waals surface area contributed by atoms with Crippen LogP contribution in [0.1, 0.15) is 31.1 Å². The Morgan fingerprint density at radius 1 is 1.50 bits per heavy atom. The quantitative estimate of drug-likeness (QED) is 0.835. The van der Waals surface area contributed by atoms with E-state index in [4.69, 9.17) is 10.5 Å². The standard InChI is InChI=1S/C11H10F2N4O/c1-3-17-8(6-15)7(5-14)16-10(17)4-9(18)11(2,12)13/h4,18H,3H2,1-2H3. The van der Waals surface area contributed by atoms with E-state index in [1.54, 1.807) is 19.1 Å². The minimum absolute atomic E-state index is 0.0153. The zero-order chi connectivity index (χ0) is 13.9. The Balaban J connectivity index is 3.41. The number of aromatic nitrogens is 2. The van der Waals surface area contributed by atoms with Gasteiger partial charge in [0.05, 0.1) is 0 Å². The SMILES string of the molecule is CCn1c(C=C(O)C(C)(F)F)nc(C#N)c1C#N. The number of nitrogens with zero attached hydrogens (tertiary/aromatic N) is 4. The van der Waals surface area contributed by atoms with Crippen molar-refractivity contribution in [3.63, 3.8) is 0 Å². The maximum Gasteiger partial charge on any atom is 0.301 e. The van der Waals surface area contributed by atoms with Crippen LogP contribution in [0.3, 0.4) is 0 Å². The van der Waals surface area contributed by atoms with Gasteiger partial charge in [-0.15, -0.1) is 0 Å². The Kier molecular flexibility index (Phi) is 3.67. The van der Waals surface area contributed by atoms with Crippen LogP contribution in [0.15, 0.2) is 5.76 Å². The summed E-state index contributed by atoms with van der Waals surface area (Å²) in [5.41, 5.74) is -0.170. The van der Waals surface area contributed by atoms with E-state index in [0.717, 1.165) is 6.08 Å². The molecule has 0 amide bonds. The van der Waals surface area contributed by atoms with Crippen LogP contribution in [-0.4, -0.2) is 20.6 Å². The molecule has 7 heteroatoms. The van der Waals surface area contributed by atoms with Gasteiger partial charge in [0.15, 0.2) is 17.1 Å². The number of aliphatic hydroxyl groups excluding tert-OH is 1. The molecule has 0 saturated carbocycles. The fraction of sp³-hybridized carbons (Fsp3) is 0.364. The Labute approximate surface area is 102 Å². The lowest BCUT2D eigenvalue weighted by Gasteiger charge is -2.09. The van der Waals surface area contributed by atoms with Gasteiger partial charge in [-0.25, -0.2) is 4.98 Å². The van der Waals surface area contributed by atoms with Crippen LogP contribution in [0.25, 0.3) is 6.08 Å². The summed E-state index contributed by atoms with van der Waals surface area (Å²) in [6.07, 6.45) is 0.755. The summed E-state index contributed by atoms with van der Waals surface area (Å²) >= 11 is 0. The van der Waals surface area contributed by atoms with E-state index in [1.165, 1.54) is 4.57 Å². The summed E-state index contributed by atoms with van der Waals surface area (Å²) in [6.45, 7) is 2.47. The zero-order valence-electron chi connectivity index (χ0n) is 9.78. The van der Waals surface area contributed by atoms with E-state index in [1.807, 2.05) is 0 Å². The van der Waals surface area contributed by atoms with Crippen molar-refractivity contribution in [1.82, 2.24) is 9.55 Å². The molecule has 1 rings (SSSR count). The molecule has 0 spiro atoms. The molecule has 0 aromatic carbocycles. The predicted molar refractivity (Wildman–Crippen MR) is 58.6 cm³/mol. The lowest BCUT2D eigenvalue weighted by molar-refractivity contribution is 0.0207. The first-order chi connectivity index (χ1) is 8.35. The molecular weight excluding hydrogens is 242 g/mol. The first kappa shape index (κ1) is 13.7. The highest BCUT2D eigenvalue weighted by Gasteiger charge is 2.28. The number of alkyl halides is 2. The lowest BCUT2D eigenvalue weighted by atomic mass is 10.3. The average Bonchev–Trinajstić information content (AvgIpc) is 2.64. The van der Waals surface area contributed by atoms with Crippen LogP contribution >= 0.6 is 0 Å². The normalized spacial score (nSPS) is 12.0. The minimum atomic E-state index is -3.40. The van der Waals surface area contributed by atoms with Crippen molar-refractivity contribution in [2.45, 2.75) is 26.3 Å². The van der Waals surface area contributed by atoms with Gasteiger partial charge in [0.25, 0.3) is 0 Å². The largest absolute Gasteiger partial charge is 0.506 e. The summed E-state index contributed by atoms with van der Waals surface area (Å²) < 4.78 is 26.9. The zero-order valence-corrected chi connectivity index (χ0v) is 9.78. The molecule has 0 saturated heterocycles. The topological polar surface area (TPSA) is 85.6 Å². The summed E-state index contributed by atoms with van der Waals surface area (Å²) in [4.78, 5) is 3.73. The van der Waals surface area contributed by atoms with Crippen LogP contribution < -0.4 is 0 Å². The Morgan fingerprint density at radius 3 is 2.50 bits per heavy atom.